The number of hydroxylamine groups is 1. The van der Waals surface area contributed by atoms with Crippen LogP contribution in [0.5, 0.6) is 5.75 Å². The molecule has 0 atom stereocenters. The number of rotatable bonds is 6. The van der Waals surface area contributed by atoms with Crippen LogP contribution in [0.3, 0.4) is 0 Å². The Balaban J connectivity index is 1.83. The van der Waals surface area contributed by atoms with Crippen LogP contribution in [0.1, 0.15) is 22.7 Å². The number of thiazole rings is 1. The van der Waals surface area contributed by atoms with Gasteiger partial charge in [-0.2, -0.15) is 0 Å². The van der Waals surface area contributed by atoms with Gasteiger partial charge in [0, 0.05) is 18.2 Å². The van der Waals surface area contributed by atoms with Gasteiger partial charge >= 0.3 is 0 Å². The monoisotopic (exact) mass is 292 g/mol. The molecule has 0 unspecified atom stereocenters. The summed E-state index contributed by atoms with van der Waals surface area (Å²) in [5.74, 6) is -0.129. The highest BCUT2D eigenvalue weighted by atomic mass is 32.1. The van der Waals surface area contributed by atoms with Gasteiger partial charge in [0.1, 0.15) is 5.75 Å². The molecule has 2 aromatic rings. The minimum absolute atomic E-state index is 0.234. The fourth-order valence-electron chi connectivity index (χ4n) is 1.79. The Morgan fingerprint density at radius 2 is 1.95 bits per heavy atom. The molecule has 1 aromatic heterocycles. The van der Waals surface area contributed by atoms with Crippen molar-refractivity contribution in [2.75, 3.05) is 0 Å². The second-order valence-electron chi connectivity index (χ2n) is 4.43. The highest BCUT2D eigenvalue weighted by molar-refractivity contribution is 7.09. The lowest BCUT2D eigenvalue weighted by molar-refractivity contribution is -0.129. The minimum atomic E-state index is -0.399. The fraction of sp³-hybridized carbons (Fsp3) is 0.286. The topological polar surface area (TPSA) is 82.5 Å². The molecule has 5 nitrogen and oxygen atoms in total. The van der Waals surface area contributed by atoms with Gasteiger partial charge in [0.25, 0.3) is 0 Å². The van der Waals surface area contributed by atoms with Gasteiger partial charge in [0.2, 0.25) is 5.91 Å². The van der Waals surface area contributed by atoms with Crippen LogP contribution in [-0.2, 0) is 24.1 Å². The number of phenolic OH excluding ortho intramolecular Hbond substituents is 1. The summed E-state index contributed by atoms with van der Waals surface area (Å²) >= 11 is 1.58. The van der Waals surface area contributed by atoms with E-state index in [2.05, 4.69) is 4.98 Å². The molecule has 1 aromatic carbocycles. The molecule has 0 saturated heterocycles. The van der Waals surface area contributed by atoms with Gasteiger partial charge in [-0.1, -0.05) is 12.1 Å². The summed E-state index contributed by atoms with van der Waals surface area (Å²) < 4.78 is 0. The molecule has 2 rings (SSSR count). The predicted octanol–water partition coefficient (Wildman–Crippen LogP) is 2.07. The quantitative estimate of drug-likeness (QED) is 0.562. The third-order valence-electron chi connectivity index (χ3n) is 2.90. The molecule has 3 N–H and O–H groups in total. The summed E-state index contributed by atoms with van der Waals surface area (Å²) in [5, 5.41) is 20.6. The smallest absolute Gasteiger partial charge is 0.243 e. The molecule has 1 heterocycles. The Bertz CT molecular complexity index is 566. The van der Waals surface area contributed by atoms with Crippen molar-refractivity contribution in [3.8, 4) is 5.75 Å². The van der Waals surface area contributed by atoms with E-state index < -0.39 is 5.91 Å². The Morgan fingerprint density at radius 3 is 2.65 bits per heavy atom. The molecular weight excluding hydrogens is 276 g/mol. The number of aromatic nitrogens is 1. The number of phenols is 1. The summed E-state index contributed by atoms with van der Waals surface area (Å²) in [4.78, 5) is 15.4. The number of nitrogens with one attached hydrogen (secondary N) is 1. The van der Waals surface area contributed by atoms with E-state index in [1.165, 1.54) is 0 Å². The Kier molecular flexibility index (Phi) is 5.09. The number of benzene rings is 1. The molecule has 20 heavy (non-hydrogen) atoms. The third kappa shape index (κ3) is 4.32. The highest BCUT2D eigenvalue weighted by Crippen LogP contribution is 2.16. The number of amides is 1. The molecule has 0 radical (unpaired) electrons. The van der Waals surface area contributed by atoms with Crippen LogP contribution in [-0.4, -0.2) is 21.2 Å². The van der Waals surface area contributed by atoms with Crippen molar-refractivity contribution >= 4 is 17.2 Å². The van der Waals surface area contributed by atoms with Gasteiger partial charge in [0.15, 0.2) is 0 Å². The van der Waals surface area contributed by atoms with Gasteiger partial charge in [-0.05, 0) is 30.5 Å². The molecule has 1 amide bonds. The number of carbonyl (C=O) groups excluding carboxylic acids is 1. The van der Waals surface area contributed by atoms with E-state index >= 15 is 0 Å². The first-order chi connectivity index (χ1) is 9.67. The SMILES string of the molecule is O=C(CCc1csc(CCc2ccc(O)cc2)n1)NO. The van der Waals surface area contributed by atoms with Crippen molar-refractivity contribution in [1.29, 1.82) is 0 Å². The maximum absolute atomic E-state index is 10.9. The van der Waals surface area contributed by atoms with E-state index in [-0.39, 0.29) is 12.2 Å². The van der Waals surface area contributed by atoms with Crippen LogP contribution in [0, 0.1) is 0 Å². The number of hydrogen-bond acceptors (Lipinski definition) is 5. The molecule has 0 aliphatic heterocycles. The van der Waals surface area contributed by atoms with Crippen molar-refractivity contribution in [3.05, 3.63) is 45.9 Å². The van der Waals surface area contributed by atoms with Crippen molar-refractivity contribution < 1.29 is 15.1 Å². The van der Waals surface area contributed by atoms with Crippen molar-refractivity contribution in [3.63, 3.8) is 0 Å². The van der Waals surface area contributed by atoms with Gasteiger partial charge in [0.05, 0.1) is 10.7 Å². The maximum atomic E-state index is 10.9. The number of aromatic hydroxyl groups is 1. The Labute approximate surface area is 120 Å². The maximum Gasteiger partial charge on any atom is 0.243 e. The summed E-state index contributed by atoms with van der Waals surface area (Å²) in [7, 11) is 0. The number of nitrogens with zero attached hydrogens (tertiary/aromatic N) is 1. The van der Waals surface area contributed by atoms with Crippen molar-refractivity contribution in [2.24, 2.45) is 0 Å². The summed E-state index contributed by atoms with van der Waals surface area (Å²) in [6.45, 7) is 0. The molecule has 0 spiro atoms. The number of hydrogen-bond donors (Lipinski definition) is 3. The first-order valence-corrected chi connectivity index (χ1v) is 7.19. The van der Waals surface area contributed by atoms with Gasteiger partial charge in [-0.25, -0.2) is 10.5 Å². The zero-order valence-corrected chi connectivity index (χ0v) is 11.7. The standard InChI is InChI=1S/C14H16N2O3S/c17-12-5-1-10(2-6-12)3-8-14-15-11(9-20-14)4-7-13(18)16-19/h1-2,5-6,9,17,19H,3-4,7-8H2,(H,16,18). The lowest BCUT2D eigenvalue weighted by atomic mass is 10.1. The number of aryl methyl sites for hydroxylation is 3. The van der Waals surface area contributed by atoms with Gasteiger partial charge < -0.3 is 5.11 Å². The average molecular weight is 292 g/mol. The van der Waals surface area contributed by atoms with Gasteiger partial charge in [-0.3, -0.25) is 10.0 Å². The predicted molar refractivity (Wildman–Crippen MR) is 75.9 cm³/mol. The van der Waals surface area contributed by atoms with E-state index in [4.69, 9.17) is 5.21 Å². The lowest BCUT2D eigenvalue weighted by Gasteiger charge is -1.99. The fourth-order valence-corrected chi connectivity index (χ4v) is 2.62. The molecule has 0 aliphatic rings. The van der Waals surface area contributed by atoms with E-state index in [0.29, 0.717) is 6.42 Å². The molecule has 0 bridgehead atoms. The van der Waals surface area contributed by atoms with E-state index in [9.17, 15) is 9.90 Å². The van der Waals surface area contributed by atoms with Crippen LogP contribution in [0.2, 0.25) is 0 Å². The molecule has 0 saturated carbocycles. The minimum Gasteiger partial charge on any atom is -0.508 e. The second-order valence-corrected chi connectivity index (χ2v) is 5.38. The highest BCUT2D eigenvalue weighted by Gasteiger charge is 2.05. The first-order valence-electron chi connectivity index (χ1n) is 6.31. The van der Waals surface area contributed by atoms with Gasteiger partial charge in [-0.15, -0.1) is 11.3 Å². The lowest BCUT2D eigenvalue weighted by Crippen LogP contribution is -2.18. The largest absolute Gasteiger partial charge is 0.508 e. The van der Waals surface area contributed by atoms with E-state index in [1.807, 2.05) is 17.5 Å². The normalized spacial score (nSPS) is 10.4. The summed E-state index contributed by atoms with van der Waals surface area (Å²) in [6.07, 6.45) is 2.46. The molecule has 0 fully saturated rings. The van der Waals surface area contributed by atoms with Crippen LogP contribution in [0.25, 0.3) is 0 Å². The molecule has 106 valence electrons. The zero-order valence-electron chi connectivity index (χ0n) is 10.9. The average Bonchev–Trinajstić information content (AvgIpc) is 2.92. The zero-order chi connectivity index (χ0) is 14.4. The van der Waals surface area contributed by atoms with E-state index in [1.54, 1.807) is 28.9 Å². The number of carbonyl (C=O) groups is 1. The van der Waals surface area contributed by atoms with Crippen LogP contribution in [0.15, 0.2) is 29.6 Å². The Morgan fingerprint density at radius 1 is 1.20 bits per heavy atom. The van der Waals surface area contributed by atoms with Crippen LogP contribution >= 0.6 is 11.3 Å². The second kappa shape index (κ2) is 7.02. The van der Waals surface area contributed by atoms with Crippen LogP contribution < -0.4 is 5.48 Å². The summed E-state index contributed by atoms with van der Waals surface area (Å²) in [5.41, 5.74) is 3.64. The van der Waals surface area contributed by atoms with Crippen molar-refractivity contribution in [1.82, 2.24) is 10.5 Å². The molecule has 6 heteroatoms. The third-order valence-corrected chi connectivity index (χ3v) is 3.85. The first kappa shape index (κ1) is 14.5. The summed E-state index contributed by atoms with van der Waals surface area (Å²) in [6, 6.07) is 7.15. The van der Waals surface area contributed by atoms with Crippen molar-refractivity contribution in [2.45, 2.75) is 25.7 Å². The Hall–Kier alpha value is -1.92. The van der Waals surface area contributed by atoms with E-state index in [0.717, 1.165) is 29.1 Å². The molecular formula is C14H16N2O3S. The molecule has 0 aliphatic carbocycles. The van der Waals surface area contributed by atoms with Crippen LogP contribution in [0.4, 0.5) is 0 Å².